The minimum absolute atomic E-state index is 0.404. The highest BCUT2D eigenvalue weighted by Gasteiger charge is 2.15. The van der Waals surface area contributed by atoms with E-state index in [-0.39, 0.29) is 0 Å². The van der Waals surface area contributed by atoms with Crippen molar-refractivity contribution in [3.05, 3.63) is 54.6 Å². The van der Waals surface area contributed by atoms with Crippen molar-refractivity contribution in [1.29, 1.82) is 0 Å². The van der Waals surface area contributed by atoms with Gasteiger partial charge in [0.2, 0.25) is 0 Å². The standard InChI is InChI=1S/C15H14O4/c1-11(15(16)17)18-13-9-5-6-10-14(13)19-12-7-3-2-4-8-12/h2-11H,1H3,(H,16,17). The lowest BCUT2D eigenvalue weighted by molar-refractivity contribution is -0.144. The molecule has 0 aliphatic carbocycles. The highest BCUT2D eigenvalue weighted by Crippen LogP contribution is 2.31. The molecule has 1 unspecified atom stereocenters. The molecule has 2 aromatic rings. The molecular formula is C15H14O4. The highest BCUT2D eigenvalue weighted by atomic mass is 16.5. The molecule has 0 aromatic heterocycles. The topological polar surface area (TPSA) is 55.8 Å². The van der Waals surface area contributed by atoms with Gasteiger partial charge in [-0.3, -0.25) is 0 Å². The summed E-state index contributed by atoms with van der Waals surface area (Å²) in [4.78, 5) is 10.8. The summed E-state index contributed by atoms with van der Waals surface area (Å²) in [5.74, 6) is 0.541. The van der Waals surface area contributed by atoms with Gasteiger partial charge in [-0.1, -0.05) is 30.3 Å². The van der Waals surface area contributed by atoms with Gasteiger partial charge >= 0.3 is 5.97 Å². The minimum atomic E-state index is -1.02. The minimum Gasteiger partial charge on any atom is -0.479 e. The van der Waals surface area contributed by atoms with E-state index in [1.54, 1.807) is 24.3 Å². The Morgan fingerprint density at radius 3 is 2.21 bits per heavy atom. The molecule has 0 aliphatic rings. The molecule has 2 rings (SSSR count). The fourth-order valence-corrected chi connectivity index (χ4v) is 1.49. The van der Waals surface area contributed by atoms with Gasteiger partial charge < -0.3 is 14.6 Å². The van der Waals surface area contributed by atoms with E-state index in [1.165, 1.54) is 6.92 Å². The molecule has 0 bridgehead atoms. The fraction of sp³-hybridized carbons (Fsp3) is 0.133. The first-order valence-corrected chi connectivity index (χ1v) is 5.88. The van der Waals surface area contributed by atoms with Crippen LogP contribution in [0, 0.1) is 0 Å². The number of ether oxygens (including phenoxy) is 2. The average Bonchev–Trinajstić information content (AvgIpc) is 2.42. The van der Waals surface area contributed by atoms with Crippen molar-refractivity contribution in [2.24, 2.45) is 0 Å². The largest absolute Gasteiger partial charge is 0.479 e. The molecule has 1 N–H and O–H groups in total. The van der Waals surface area contributed by atoms with E-state index in [1.807, 2.05) is 30.3 Å². The predicted octanol–water partition coefficient (Wildman–Crippen LogP) is 3.33. The van der Waals surface area contributed by atoms with Crippen LogP contribution >= 0.6 is 0 Å². The maximum Gasteiger partial charge on any atom is 0.344 e. The van der Waals surface area contributed by atoms with Gasteiger partial charge in [0.15, 0.2) is 17.6 Å². The van der Waals surface area contributed by atoms with Crippen molar-refractivity contribution in [1.82, 2.24) is 0 Å². The maximum absolute atomic E-state index is 10.8. The Labute approximate surface area is 111 Å². The molecule has 0 saturated carbocycles. The van der Waals surface area contributed by atoms with Crippen LogP contribution in [0.15, 0.2) is 54.6 Å². The highest BCUT2D eigenvalue weighted by molar-refractivity contribution is 5.72. The molecule has 0 heterocycles. The molecule has 4 heteroatoms. The molecule has 0 amide bonds. The second-order valence-electron chi connectivity index (χ2n) is 3.96. The Kier molecular flexibility index (Phi) is 4.03. The van der Waals surface area contributed by atoms with Crippen molar-refractivity contribution >= 4 is 5.97 Å². The second-order valence-corrected chi connectivity index (χ2v) is 3.96. The van der Waals surface area contributed by atoms with Gasteiger partial charge in [0.25, 0.3) is 0 Å². The van der Waals surface area contributed by atoms with E-state index in [0.717, 1.165) is 0 Å². The van der Waals surface area contributed by atoms with Crippen LogP contribution < -0.4 is 9.47 Å². The first kappa shape index (κ1) is 13.0. The van der Waals surface area contributed by atoms with Gasteiger partial charge in [0.05, 0.1) is 0 Å². The molecule has 0 saturated heterocycles. The zero-order valence-corrected chi connectivity index (χ0v) is 10.4. The number of hydrogen-bond acceptors (Lipinski definition) is 3. The molecule has 2 aromatic carbocycles. The van der Waals surface area contributed by atoms with Gasteiger partial charge in [-0.15, -0.1) is 0 Å². The summed E-state index contributed by atoms with van der Waals surface area (Å²) in [6.07, 6.45) is -0.930. The van der Waals surface area contributed by atoms with Crippen LogP contribution in [0.3, 0.4) is 0 Å². The lowest BCUT2D eigenvalue weighted by Crippen LogP contribution is -2.23. The summed E-state index contributed by atoms with van der Waals surface area (Å²) in [5.41, 5.74) is 0. The Morgan fingerprint density at radius 2 is 1.58 bits per heavy atom. The molecule has 4 nitrogen and oxygen atoms in total. The summed E-state index contributed by atoms with van der Waals surface area (Å²) in [5, 5.41) is 8.86. The molecule has 0 spiro atoms. The monoisotopic (exact) mass is 258 g/mol. The number of carboxylic acid groups (broad SMARTS) is 1. The third-order valence-electron chi connectivity index (χ3n) is 2.47. The molecule has 98 valence electrons. The molecule has 0 aliphatic heterocycles. The number of hydrogen-bond donors (Lipinski definition) is 1. The van der Waals surface area contributed by atoms with Crippen LogP contribution in [-0.2, 0) is 4.79 Å². The van der Waals surface area contributed by atoms with Crippen LogP contribution in [0.2, 0.25) is 0 Å². The quantitative estimate of drug-likeness (QED) is 0.893. The lowest BCUT2D eigenvalue weighted by atomic mass is 10.3. The summed E-state index contributed by atoms with van der Waals surface area (Å²) < 4.78 is 11.0. The summed E-state index contributed by atoms with van der Waals surface area (Å²) >= 11 is 0. The van der Waals surface area contributed by atoms with Gasteiger partial charge in [-0.25, -0.2) is 4.79 Å². The van der Waals surface area contributed by atoms with Crippen molar-refractivity contribution in [2.75, 3.05) is 0 Å². The second kappa shape index (κ2) is 5.91. The van der Waals surface area contributed by atoms with Crippen LogP contribution in [-0.4, -0.2) is 17.2 Å². The summed E-state index contributed by atoms with van der Waals surface area (Å²) in [7, 11) is 0. The number of carbonyl (C=O) groups is 1. The molecular weight excluding hydrogens is 244 g/mol. The Balaban J connectivity index is 2.19. The van der Waals surface area contributed by atoms with Gasteiger partial charge in [0.1, 0.15) is 5.75 Å². The normalized spacial score (nSPS) is 11.6. The fourth-order valence-electron chi connectivity index (χ4n) is 1.49. The van der Waals surface area contributed by atoms with Crippen LogP contribution in [0.25, 0.3) is 0 Å². The predicted molar refractivity (Wildman–Crippen MR) is 70.7 cm³/mol. The van der Waals surface area contributed by atoms with E-state index >= 15 is 0 Å². The molecule has 0 radical (unpaired) electrons. The maximum atomic E-state index is 10.8. The van der Waals surface area contributed by atoms with Gasteiger partial charge in [0, 0.05) is 0 Å². The first-order chi connectivity index (χ1) is 9.16. The SMILES string of the molecule is CC(Oc1ccccc1Oc1ccccc1)C(=O)O. The number of benzene rings is 2. The van der Waals surface area contributed by atoms with Crippen molar-refractivity contribution in [2.45, 2.75) is 13.0 Å². The van der Waals surface area contributed by atoms with Crippen LogP contribution in [0.5, 0.6) is 17.2 Å². The number of rotatable bonds is 5. The Bertz CT molecular complexity index is 551. The smallest absolute Gasteiger partial charge is 0.344 e. The van der Waals surface area contributed by atoms with E-state index in [2.05, 4.69) is 0 Å². The molecule has 19 heavy (non-hydrogen) atoms. The van der Waals surface area contributed by atoms with Crippen molar-refractivity contribution < 1.29 is 19.4 Å². The van der Waals surface area contributed by atoms with Crippen LogP contribution in [0.4, 0.5) is 0 Å². The third kappa shape index (κ3) is 3.48. The molecule has 1 atom stereocenters. The van der Waals surface area contributed by atoms with Gasteiger partial charge in [-0.2, -0.15) is 0 Å². The average molecular weight is 258 g/mol. The van der Waals surface area contributed by atoms with E-state index in [9.17, 15) is 4.79 Å². The zero-order chi connectivity index (χ0) is 13.7. The zero-order valence-electron chi connectivity index (χ0n) is 10.4. The van der Waals surface area contributed by atoms with Crippen LogP contribution in [0.1, 0.15) is 6.92 Å². The number of carboxylic acids is 1. The number of aliphatic carboxylic acids is 1. The Hall–Kier alpha value is -2.49. The van der Waals surface area contributed by atoms with Gasteiger partial charge in [-0.05, 0) is 31.2 Å². The molecule has 0 fully saturated rings. The van der Waals surface area contributed by atoms with Crippen molar-refractivity contribution in [3.8, 4) is 17.2 Å². The van der Waals surface area contributed by atoms with E-state index in [4.69, 9.17) is 14.6 Å². The van der Waals surface area contributed by atoms with E-state index < -0.39 is 12.1 Å². The first-order valence-electron chi connectivity index (χ1n) is 5.88. The summed E-state index contributed by atoms with van der Waals surface area (Å²) in [6, 6.07) is 16.2. The number of para-hydroxylation sites is 3. The summed E-state index contributed by atoms with van der Waals surface area (Å²) in [6.45, 7) is 1.47. The lowest BCUT2D eigenvalue weighted by Gasteiger charge is -2.14. The van der Waals surface area contributed by atoms with E-state index in [0.29, 0.717) is 17.2 Å². The Morgan fingerprint density at radius 1 is 1.00 bits per heavy atom. The van der Waals surface area contributed by atoms with Crippen molar-refractivity contribution in [3.63, 3.8) is 0 Å². The third-order valence-corrected chi connectivity index (χ3v) is 2.47.